The number of rotatable bonds is 4. The maximum atomic E-state index is 5.19. The lowest BCUT2D eigenvalue weighted by Crippen LogP contribution is -1.95. The molecule has 0 N–H and O–H groups in total. The standard InChI is InChI=1S/C10H14O3S/c1-11-8-5-10(13-3)9(12-2)4-7(8)6-14/h4-5,14H,6H2,1-3H3. The molecule has 1 aromatic carbocycles. The Morgan fingerprint density at radius 2 is 1.43 bits per heavy atom. The largest absolute Gasteiger partial charge is 0.496 e. The molecule has 78 valence electrons. The summed E-state index contributed by atoms with van der Waals surface area (Å²) in [5.41, 5.74) is 0.980. The molecular weight excluding hydrogens is 200 g/mol. The molecule has 0 heterocycles. The van der Waals surface area contributed by atoms with Gasteiger partial charge >= 0.3 is 0 Å². The van der Waals surface area contributed by atoms with E-state index in [0.717, 1.165) is 11.3 Å². The van der Waals surface area contributed by atoms with E-state index in [9.17, 15) is 0 Å². The summed E-state index contributed by atoms with van der Waals surface area (Å²) in [6.45, 7) is 0. The zero-order chi connectivity index (χ0) is 10.6. The van der Waals surface area contributed by atoms with E-state index in [0.29, 0.717) is 17.3 Å². The molecule has 0 aliphatic carbocycles. The van der Waals surface area contributed by atoms with Gasteiger partial charge in [0, 0.05) is 17.4 Å². The average molecular weight is 214 g/mol. The van der Waals surface area contributed by atoms with E-state index >= 15 is 0 Å². The number of hydrogen-bond donors (Lipinski definition) is 1. The first-order valence-corrected chi connectivity index (χ1v) is 4.79. The lowest BCUT2D eigenvalue weighted by Gasteiger charge is -2.12. The summed E-state index contributed by atoms with van der Waals surface area (Å²) in [7, 11) is 4.82. The Hall–Kier alpha value is -1.03. The molecule has 3 nitrogen and oxygen atoms in total. The van der Waals surface area contributed by atoms with Crippen LogP contribution in [-0.4, -0.2) is 21.3 Å². The molecule has 0 aromatic heterocycles. The summed E-state index contributed by atoms with van der Waals surface area (Å²) in [5, 5.41) is 0. The van der Waals surface area contributed by atoms with Gasteiger partial charge in [-0.25, -0.2) is 0 Å². The number of methoxy groups -OCH3 is 3. The molecule has 1 rings (SSSR count). The van der Waals surface area contributed by atoms with Crippen LogP contribution in [0.1, 0.15) is 5.56 Å². The Kier molecular flexibility index (Phi) is 3.95. The predicted octanol–water partition coefficient (Wildman–Crippen LogP) is 2.14. The Labute approximate surface area is 89.4 Å². The second kappa shape index (κ2) is 5.00. The zero-order valence-corrected chi connectivity index (χ0v) is 9.43. The second-order valence-corrected chi connectivity index (χ2v) is 2.99. The third-order valence-electron chi connectivity index (χ3n) is 1.96. The minimum atomic E-state index is 0.601. The van der Waals surface area contributed by atoms with Crippen LogP contribution in [0, 0.1) is 0 Å². The third kappa shape index (κ3) is 2.07. The van der Waals surface area contributed by atoms with Gasteiger partial charge in [0.2, 0.25) is 0 Å². The highest BCUT2D eigenvalue weighted by Gasteiger charge is 2.10. The summed E-state index contributed by atoms with van der Waals surface area (Å²) in [6, 6.07) is 3.66. The van der Waals surface area contributed by atoms with Crippen molar-refractivity contribution in [3.63, 3.8) is 0 Å². The lowest BCUT2D eigenvalue weighted by molar-refractivity contribution is 0.348. The molecule has 0 amide bonds. The first-order valence-electron chi connectivity index (χ1n) is 4.16. The van der Waals surface area contributed by atoms with Crippen molar-refractivity contribution >= 4 is 12.6 Å². The van der Waals surface area contributed by atoms with Gasteiger partial charge in [-0.15, -0.1) is 0 Å². The van der Waals surface area contributed by atoms with Crippen LogP contribution in [0.15, 0.2) is 12.1 Å². The highest BCUT2D eigenvalue weighted by molar-refractivity contribution is 7.79. The van der Waals surface area contributed by atoms with Crippen LogP contribution in [0.3, 0.4) is 0 Å². The normalized spacial score (nSPS) is 9.71. The quantitative estimate of drug-likeness (QED) is 0.778. The van der Waals surface area contributed by atoms with E-state index in [1.165, 1.54) is 0 Å². The fourth-order valence-corrected chi connectivity index (χ4v) is 1.46. The van der Waals surface area contributed by atoms with Gasteiger partial charge in [-0.3, -0.25) is 0 Å². The number of ether oxygens (including phenoxy) is 3. The first kappa shape index (κ1) is 11.0. The average Bonchev–Trinajstić information content (AvgIpc) is 2.26. The Morgan fingerprint density at radius 1 is 0.929 bits per heavy atom. The van der Waals surface area contributed by atoms with Gasteiger partial charge < -0.3 is 14.2 Å². The number of benzene rings is 1. The van der Waals surface area contributed by atoms with Crippen molar-refractivity contribution in [3.8, 4) is 17.2 Å². The van der Waals surface area contributed by atoms with Crippen molar-refractivity contribution in [1.29, 1.82) is 0 Å². The summed E-state index contributed by atoms with van der Waals surface area (Å²) in [6.07, 6.45) is 0. The van der Waals surface area contributed by atoms with E-state index in [1.54, 1.807) is 27.4 Å². The van der Waals surface area contributed by atoms with E-state index in [-0.39, 0.29) is 0 Å². The molecule has 0 unspecified atom stereocenters. The highest BCUT2D eigenvalue weighted by atomic mass is 32.1. The molecule has 0 saturated heterocycles. The summed E-state index contributed by atoms with van der Waals surface area (Å²) in [4.78, 5) is 0. The predicted molar refractivity (Wildman–Crippen MR) is 58.8 cm³/mol. The molecule has 0 aliphatic heterocycles. The van der Waals surface area contributed by atoms with Gasteiger partial charge in [0.15, 0.2) is 11.5 Å². The van der Waals surface area contributed by atoms with Crippen molar-refractivity contribution in [1.82, 2.24) is 0 Å². The fourth-order valence-electron chi connectivity index (χ4n) is 1.22. The van der Waals surface area contributed by atoms with Crippen molar-refractivity contribution in [2.24, 2.45) is 0 Å². The molecular formula is C10H14O3S. The van der Waals surface area contributed by atoms with Crippen molar-refractivity contribution in [3.05, 3.63) is 17.7 Å². The van der Waals surface area contributed by atoms with E-state index < -0.39 is 0 Å². The van der Waals surface area contributed by atoms with E-state index in [1.807, 2.05) is 6.07 Å². The molecule has 1 aromatic rings. The Balaban J connectivity index is 3.20. The minimum absolute atomic E-state index is 0.601. The van der Waals surface area contributed by atoms with Crippen molar-refractivity contribution in [2.75, 3.05) is 21.3 Å². The summed E-state index contributed by atoms with van der Waals surface area (Å²) in [5.74, 6) is 2.72. The molecule has 0 saturated carbocycles. The van der Waals surface area contributed by atoms with Gasteiger partial charge in [0.1, 0.15) is 5.75 Å². The van der Waals surface area contributed by atoms with E-state index in [4.69, 9.17) is 14.2 Å². The molecule has 0 aliphatic rings. The van der Waals surface area contributed by atoms with Crippen LogP contribution in [0.4, 0.5) is 0 Å². The second-order valence-electron chi connectivity index (χ2n) is 2.68. The lowest BCUT2D eigenvalue weighted by atomic mass is 10.2. The van der Waals surface area contributed by atoms with E-state index in [2.05, 4.69) is 12.6 Å². The molecule has 0 bridgehead atoms. The molecule has 0 radical (unpaired) electrons. The highest BCUT2D eigenvalue weighted by Crippen LogP contribution is 2.35. The van der Waals surface area contributed by atoms with Gasteiger partial charge in [0.05, 0.1) is 21.3 Å². The Bertz CT molecular complexity index is 254. The fraction of sp³-hybridized carbons (Fsp3) is 0.400. The smallest absolute Gasteiger partial charge is 0.164 e. The third-order valence-corrected chi connectivity index (χ3v) is 2.30. The molecule has 0 atom stereocenters. The summed E-state index contributed by atoms with van der Waals surface area (Å²) < 4.78 is 15.5. The van der Waals surface area contributed by atoms with Crippen LogP contribution >= 0.6 is 12.6 Å². The monoisotopic (exact) mass is 214 g/mol. The van der Waals surface area contributed by atoms with Crippen LogP contribution in [0.5, 0.6) is 17.2 Å². The minimum Gasteiger partial charge on any atom is -0.496 e. The molecule has 4 heteroatoms. The number of hydrogen-bond acceptors (Lipinski definition) is 4. The van der Waals surface area contributed by atoms with Gasteiger partial charge in [-0.1, -0.05) is 0 Å². The van der Waals surface area contributed by atoms with Crippen LogP contribution in [-0.2, 0) is 5.75 Å². The maximum Gasteiger partial charge on any atom is 0.164 e. The Morgan fingerprint density at radius 3 is 1.86 bits per heavy atom. The maximum absolute atomic E-state index is 5.19. The van der Waals surface area contributed by atoms with Crippen LogP contribution in [0.2, 0.25) is 0 Å². The number of thiol groups is 1. The van der Waals surface area contributed by atoms with Gasteiger partial charge in [0.25, 0.3) is 0 Å². The molecule has 0 spiro atoms. The van der Waals surface area contributed by atoms with Gasteiger partial charge in [-0.2, -0.15) is 12.6 Å². The topological polar surface area (TPSA) is 27.7 Å². The van der Waals surface area contributed by atoms with Crippen molar-refractivity contribution in [2.45, 2.75) is 5.75 Å². The zero-order valence-electron chi connectivity index (χ0n) is 8.53. The van der Waals surface area contributed by atoms with Gasteiger partial charge in [-0.05, 0) is 6.07 Å². The van der Waals surface area contributed by atoms with Crippen molar-refractivity contribution < 1.29 is 14.2 Å². The van der Waals surface area contributed by atoms with Crippen LogP contribution < -0.4 is 14.2 Å². The molecule has 0 fully saturated rings. The molecule has 14 heavy (non-hydrogen) atoms. The van der Waals surface area contributed by atoms with Crippen LogP contribution in [0.25, 0.3) is 0 Å². The first-order chi connectivity index (χ1) is 6.76. The summed E-state index contributed by atoms with van der Waals surface area (Å²) >= 11 is 4.21. The SMILES string of the molecule is COc1cc(OC)c(OC)cc1CS.